The third-order valence-electron chi connectivity index (χ3n) is 1.71. The van der Waals surface area contributed by atoms with Gasteiger partial charge in [0.15, 0.2) is 0 Å². The van der Waals surface area contributed by atoms with Crippen LogP contribution in [0.1, 0.15) is 13.3 Å². The summed E-state index contributed by atoms with van der Waals surface area (Å²) in [7, 11) is 0. The number of amides is 1. The third kappa shape index (κ3) is 2.12. The van der Waals surface area contributed by atoms with Crippen LogP contribution in [-0.4, -0.2) is 12.5 Å². The van der Waals surface area contributed by atoms with Crippen LogP contribution >= 0.6 is 0 Å². The number of hydrogen-bond acceptors (Lipinski definition) is 2. The zero-order valence-electron chi connectivity index (χ0n) is 7.12. The van der Waals surface area contributed by atoms with Crippen molar-refractivity contribution in [1.29, 1.82) is 0 Å². The molecule has 0 heterocycles. The Kier molecular flexibility index (Phi) is 2.91. The largest absolute Gasteiger partial charge is 0.494 e. The maximum atomic E-state index is 10.8. The van der Waals surface area contributed by atoms with E-state index in [4.69, 9.17) is 10.5 Å². The topological polar surface area (TPSA) is 52.3 Å². The second kappa shape index (κ2) is 3.95. The fourth-order valence-corrected chi connectivity index (χ4v) is 1.11. The lowest BCUT2D eigenvalue weighted by atomic mass is 9.99. The number of primary amides is 1. The van der Waals surface area contributed by atoms with Gasteiger partial charge in [0, 0.05) is 0 Å². The van der Waals surface area contributed by atoms with Gasteiger partial charge in [-0.1, -0.05) is 6.08 Å². The van der Waals surface area contributed by atoms with Crippen molar-refractivity contribution in [3.05, 3.63) is 24.0 Å². The average Bonchev–Trinajstić information content (AvgIpc) is 2.05. The number of carbonyl (C=O) groups is 1. The molecule has 0 bridgehead atoms. The highest BCUT2D eigenvalue weighted by Gasteiger charge is 2.14. The number of hydrogen-bond donors (Lipinski definition) is 1. The van der Waals surface area contributed by atoms with Gasteiger partial charge in [-0.3, -0.25) is 4.79 Å². The minimum absolute atomic E-state index is 0.198. The summed E-state index contributed by atoms with van der Waals surface area (Å²) in [4.78, 5) is 10.8. The third-order valence-corrected chi connectivity index (χ3v) is 1.71. The Morgan fingerprint density at radius 2 is 2.58 bits per heavy atom. The van der Waals surface area contributed by atoms with Crippen LogP contribution in [0.3, 0.4) is 0 Å². The highest BCUT2D eigenvalue weighted by Crippen LogP contribution is 2.16. The van der Waals surface area contributed by atoms with E-state index >= 15 is 0 Å². The van der Waals surface area contributed by atoms with E-state index in [-0.39, 0.29) is 11.8 Å². The van der Waals surface area contributed by atoms with E-state index in [2.05, 4.69) is 0 Å². The van der Waals surface area contributed by atoms with Gasteiger partial charge in [-0.05, 0) is 25.5 Å². The Hall–Kier alpha value is -1.25. The van der Waals surface area contributed by atoms with Gasteiger partial charge in [-0.25, -0.2) is 0 Å². The lowest BCUT2D eigenvalue weighted by Gasteiger charge is -2.13. The minimum atomic E-state index is -0.295. The smallest absolute Gasteiger partial charge is 0.224 e. The second-order valence-corrected chi connectivity index (χ2v) is 2.65. The van der Waals surface area contributed by atoms with Crippen LogP contribution < -0.4 is 5.73 Å². The van der Waals surface area contributed by atoms with E-state index in [1.165, 1.54) is 0 Å². The maximum absolute atomic E-state index is 10.8. The Balaban J connectivity index is 2.62. The number of carbonyl (C=O) groups excluding carboxylic acids is 1. The predicted octanol–water partition coefficient (Wildman–Crippen LogP) is 0.968. The van der Waals surface area contributed by atoms with Crippen LogP contribution in [0.15, 0.2) is 24.0 Å². The standard InChI is InChI=1S/C9H13NO2/c1-2-12-8-5-3-4-7(6-8)9(10)11/h3,5-7H,2,4H2,1H3,(H2,10,11). The van der Waals surface area contributed by atoms with Crippen molar-refractivity contribution in [2.24, 2.45) is 11.7 Å². The van der Waals surface area contributed by atoms with E-state index < -0.39 is 0 Å². The normalized spacial score (nSPS) is 21.8. The van der Waals surface area contributed by atoms with Crippen LogP contribution in [0, 0.1) is 5.92 Å². The van der Waals surface area contributed by atoms with Gasteiger partial charge < -0.3 is 10.5 Å². The molecule has 12 heavy (non-hydrogen) atoms. The molecule has 1 amide bonds. The van der Waals surface area contributed by atoms with Crippen molar-refractivity contribution < 1.29 is 9.53 Å². The van der Waals surface area contributed by atoms with Crippen LogP contribution in [0.4, 0.5) is 0 Å². The second-order valence-electron chi connectivity index (χ2n) is 2.65. The zero-order chi connectivity index (χ0) is 8.97. The molecule has 1 atom stereocenters. The van der Waals surface area contributed by atoms with E-state index in [9.17, 15) is 4.79 Å². The van der Waals surface area contributed by atoms with E-state index in [0.29, 0.717) is 13.0 Å². The molecule has 1 unspecified atom stereocenters. The molecular formula is C9H13NO2. The molecule has 0 aromatic carbocycles. The van der Waals surface area contributed by atoms with Crippen molar-refractivity contribution in [3.8, 4) is 0 Å². The Morgan fingerprint density at radius 1 is 1.83 bits per heavy atom. The number of rotatable bonds is 3. The first-order valence-electron chi connectivity index (χ1n) is 4.04. The lowest BCUT2D eigenvalue weighted by molar-refractivity contribution is -0.120. The fourth-order valence-electron chi connectivity index (χ4n) is 1.11. The van der Waals surface area contributed by atoms with Gasteiger partial charge in [0.05, 0.1) is 12.5 Å². The van der Waals surface area contributed by atoms with Crippen molar-refractivity contribution in [2.45, 2.75) is 13.3 Å². The molecule has 2 N–H and O–H groups in total. The van der Waals surface area contributed by atoms with E-state index in [1.807, 2.05) is 19.1 Å². The summed E-state index contributed by atoms with van der Waals surface area (Å²) in [5, 5.41) is 0. The maximum Gasteiger partial charge on any atom is 0.224 e. The van der Waals surface area contributed by atoms with E-state index in [1.54, 1.807) is 6.08 Å². The monoisotopic (exact) mass is 167 g/mol. The first-order chi connectivity index (χ1) is 5.74. The van der Waals surface area contributed by atoms with Gasteiger partial charge >= 0.3 is 0 Å². The summed E-state index contributed by atoms with van der Waals surface area (Å²) in [6, 6.07) is 0. The molecule has 1 rings (SSSR count). The number of nitrogens with two attached hydrogens (primary N) is 1. The molecule has 0 spiro atoms. The quantitative estimate of drug-likeness (QED) is 0.680. The summed E-state index contributed by atoms with van der Waals surface area (Å²) >= 11 is 0. The van der Waals surface area contributed by atoms with Crippen LogP contribution in [0.5, 0.6) is 0 Å². The van der Waals surface area contributed by atoms with Crippen LogP contribution in [0.2, 0.25) is 0 Å². The molecule has 0 radical (unpaired) electrons. The Bertz CT molecular complexity index is 231. The molecular weight excluding hydrogens is 154 g/mol. The molecule has 0 aliphatic heterocycles. The van der Waals surface area contributed by atoms with Gasteiger partial charge in [-0.15, -0.1) is 0 Å². The molecule has 0 aromatic heterocycles. The highest BCUT2D eigenvalue weighted by molar-refractivity contribution is 5.79. The lowest BCUT2D eigenvalue weighted by Crippen LogP contribution is -2.22. The van der Waals surface area contributed by atoms with Crippen LogP contribution in [0.25, 0.3) is 0 Å². The van der Waals surface area contributed by atoms with Crippen LogP contribution in [-0.2, 0) is 9.53 Å². The van der Waals surface area contributed by atoms with Gasteiger partial charge in [0.1, 0.15) is 5.76 Å². The fraction of sp³-hybridized carbons (Fsp3) is 0.444. The Labute approximate surface area is 71.9 Å². The molecule has 0 saturated heterocycles. The molecule has 0 aromatic rings. The summed E-state index contributed by atoms with van der Waals surface area (Å²) in [5.74, 6) is 0.251. The summed E-state index contributed by atoms with van der Waals surface area (Å²) in [6.07, 6.45) is 6.22. The molecule has 66 valence electrons. The summed E-state index contributed by atoms with van der Waals surface area (Å²) < 4.78 is 5.23. The van der Waals surface area contributed by atoms with Gasteiger partial charge in [-0.2, -0.15) is 0 Å². The highest BCUT2D eigenvalue weighted by atomic mass is 16.5. The first kappa shape index (κ1) is 8.84. The molecule has 0 saturated carbocycles. The van der Waals surface area contributed by atoms with E-state index in [0.717, 1.165) is 5.76 Å². The van der Waals surface area contributed by atoms with Crippen molar-refractivity contribution in [2.75, 3.05) is 6.61 Å². The number of allylic oxidation sites excluding steroid dienone is 2. The number of ether oxygens (including phenoxy) is 1. The predicted molar refractivity (Wildman–Crippen MR) is 46.2 cm³/mol. The Morgan fingerprint density at radius 3 is 3.17 bits per heavy atom. The van der Waals surface area contributed by atoms with Crippen molar-refractivity contribution >= 4 is 5.91 Å². The summed E-state index contributed by atoms with van der Waals surface area (Å²) in [5.41, 5.74) is 5.15. The van der Waals surface area contributed by atoms with Crippen molar-refractivity contribution in [3.63, 3.8) is 0 Å². The summed E-state index contributed by atoms with van der Waals surface area (Å²) in [6.45, 7) is 2.52. The molecule has 1 aliphatic carbocycles. The first-order valence-corrected chi connectivity index (χ1v) is 4.04. The minimum Gasteiger partial charge on any atom is -0.494 e. The van der Waals surface area contributed by atoms with Gasteiger partial charge in [0.2, 0.25) is 5.91 Å². The molecule has 0 fully saturated rings. The average molecular weight is 167 g/mol. The zero-order valence-corrected chi connectivity index (χ0v) is 7.12. The molecule has 3 nitrogen and oxygen atoms in total. The SMILES string of the molecule is CCOC1=CC(C(N)=O)CC=C1. The van der Waals surface area contributed by atoms with Crippen molar-refractivity contribution in [1.82, 2.24) is 0 Å². The molecule has 1 aliphatic rings. The molecule has 3 heteroatoms. The van der Waals surface area contributed by atoms with Gasteiger partial charge in [0.25, 0.3) is 0 Å².